The molecule has 1 aromatic carbocycles. The van der Waals surface area contributed by atoms with Crippen molar-refractivity contribution in [3.63, 3.8) is 0 Å². The van der Waals surface area contributed by atoms with E-state index in [0.29, 0.717) is 12.8 Å². The first-order chi connectivity index (χ1) is 13.7. The molecular formula is C24H27NO4. The van der Waals surface area contributed by atoms with Crippen LogP contribution in [0.5, 0.6) is 0 Å². The lowest BCUT2D eigenvalue weighted by molar-refractivity contribution is -0.193. The zero-order valence-electron chi connectivity index (χ0n) is 17.4. The summed E-state index contributed by atoms with van der Waals surface area (Å²) in [6.07, 6.45) is 5.25. The fourth-order valence-corrected chi connectivity index (χ4v) is 4.67. The molecule has 1 heterocycles. The number of fused-ring (bicyclic) bond motifs is 1. The summed E-state index contributed by atoms with van der Waals surface area (Å²) in [5, 5.41) is 1.13. The van der Waals surface area contributed by atoms with E-state index < -0.39 is 17.4 Å². The van der Waals surface area contributed by atoms with Crippen molar-refractivity contribution in [2.45, 2.75) is 59.2 Å². The second kappa shape index (κ2) is 6.97. The molecule has 152 valence electrons. The normalized spacial score (nSPS) is 18.9. The maximum Gasteiger partial charge on any atom is 0.323 e. The number of hydrogen-bond donors (Lipinski definition) is 0. The summed E-state index contributed by atoms with van der Waals surface area (Å²) >= 11 is 0. The second-order valence-corrected chi connectivity index (χ2v) is 8.93. The highest BCUT2D eigenvalue weighted by atomic mass is 16.6. The van der Waals surface area contributed by atoms with Gasteiger partial charge in [-0.1, -0.05) is 24.3 Å². The van der Waals surface area contributed by atoms with Gasteiger partial charge in [0.1, 0.15) is 0 Å². The smallest absolute Gasteiger partial charge is 0.323 e. The van der Waals surface area contributed by atoms with Gasteiger partial charge in [0.2, 0.25) is 0 Å². The number of carbonyl (C=O) groups excluding carboxylic acids is 2. The van der Waals surface area contributed by atoms with E-state index in [0.717, 1.165) is 17.3 Å². The van der Waals surface area contributed by atoms with E-state index in [1.165, 1.54) is 11.1 Å². The minimum atomic E-state index is -1.18. The van der Waals surface area contributed by atoms with Gasteiger partial charge >= 0.3 is 11.9 Å². The molecule has 0 unspecified atom stereocenters. The van der Waals surface area contributed by atoms with Crippen molar-refractivity contribution in [1.82, 2.24) is 4.98 Å². The molecule has 0 saturated heterocycles. The van der Waals surface area contributed by atoms with Crippen molar-refractivity contribution in [3.8, 4) is 0 Å². The summed E-state index contributed by atoms with van der Waals surface area (Å²) in [5.41, 5.74) is 2.07. The monoisotopic (exact) mass is 393 g/mol. The Hall–Kier alpha value is -2.69. The average Bonchev–Trinajstić information content (AvgIpc) is 2.58. The fraction of sp³-hybridized carbons (Fsp3) is 0.458. The van der Waals surface area contributed by atoms with Crippen LogP contribution in [-0.4, -0.2) is 29.1 Å². The van der Waals surface area contributed by atoms with E-state index >= 15 is 0 Å². The maximum absolute atomic E-state index is 12.8. The number of pyridine rings is 1. The van der Waals surface area contributed by atoms with Crippen molar-refractivity contribution in [2.24, 2.45) is 10.8 Å². The van der Waals surface area contributed by atoms with Crippen molar-refractivity contribution in [2.75, 3.05) is 0 Å². The van der Waals surface area contributed by atoms with E-state index in [-0.39, 0.29) is 17.6 Å². The van der Waals surface area contributed by atoms with Crippen LogP contribution in [0.25, 0.3) is 16.5 Å². The molecular weight excluding hydrogens is 366 g/mol. The largest absolute Gasteiger partial charge is 0.462 e. The van der Waals surface area contributed by atoms with Crippen LogP contribution in [0.2, 0.25) is 0 Å². The van der Waals surface area contributed by atoms with Gasteiger partial charge in [0.15, 0.2) is 5.41 Å². The fourth-order valence-electron chi connectivity index (χ4n) is 4.67. The van der Waals surface area contributed by atoms with Gasteiger partial charge in [-0.05, 0) is 75.6 Å². The number of aromatic nitrogens is 1. The molecule has 1 aromatic heterocycles. The Bertz CT molecular complexity index is 970. The van der Waals surface area contributed by atoms with Gasteiger partial charge in [-0.15, -0.1) is 0 Å². The zero-order chi connectivity index (χ0) is 20.8. The molecule has 0 aliphatic heterocycles. The number of carbonyl (C=O) groups is 2. The maximum atomic E-state index is 12.8. The van der Waals surface area contributed by atoms with Crippen LogP contribution >= 0.6 is 0 Å². The summed E-state index contributed by atoms with van der Waals surface area (Å²) in [4.78, 5) is 30.0. The molecule has 0 radical (unpaired) electrons. The topological polar surface area (TPSA) is 65.5 Å². The molecule has 0 bridgehead atoms. The highest BCUT2D eigenvalue weighted by Crippen LogP contribution is 2.65. The van der Waals surface area contributed by atoms with Crippen LogP contribution in [0.3, 0.4) is 0 Å². The van der Waals surface area contributed by atoms with Crippen LogP contribution < -0.4 is 0 Å². The van der Waals surface area contributed by atoms with E-state index in [4.69, 9.17) is 9.47 Å². The lowest BCUT2D eigenvalue weighted by atomic mass is 9.46. The standard InChI is InChI=1S/C24H27NO4/c1-15(2)28-21(26)24(22(27)29-16(3)4)13-23(14-24)11-17(12-23)18-9-10-25-20-8-6-5-7-19(18)20/h5-11,15-16H,12-14H2,1-4H3. The van der Waals surface area contributed by atoms with E-state index in [2.05, 4.69) is 17.1 Å². The van der Waals surface area contributed by atoms with Crippen molar-refractivity contribution < 1.29 is 19.1 Å². The van der Waals surface area contributed by atoms with Gasteiger partial charge in [-0.2, -0.15) is 0 Å². The molecule has 5 heteroatoms. The third-order valence-corrected chi connectivity index (χ3v) is 5.79. The third-order valence-electron chi connectivity index (χ3n) is 5.79. The van der Waals surface area contributed by atoms with Gasteiger partial charge in [-0.25, -0.2) is 0 Å². The Morgan fingerprint density at radius 1 is 0.966 bits per heavy atom. The van der Waals surface area contributed by atoms with Gasteiger partial charge < -0.3 is 9.47 Å². The van der Waals surface area contributed by atoms with Crippen LogP contribution in [0, 0.1) is 10.8 Å². The predicted molar refractivity (Wildman–Crippen MR) is 111 cm³/mol. The molecule has 1 spiro atoms. The minimum Gasteiger partial charge on any atom is -0.462 e. The summed E-state index contributed by atoms with van der Waals surface area (Å²) in [5.74, 6) is -0.917. The highest BCUT2D eigenvalue weighted by molar-refractivity contribution is 6.03. The molecule has 4 rings (SSSR count). The predicted octanol–water partition coefficient (Wildman–Crippen LogP) is 4.69. The Morgan fingerprint density at radius 2 is 1.55 bits per heavy atom. The summed E-state index contributed by atoms with van der Waals surface area (Å²) in [7, 11) is 0. The first-order valence-corrected chi connectivity index (χ1v) is 10.2. The van der Waals surface area contributed by atoms with Crippen LogP contribution in [0.1, 0.15) is 52.5 Å². The first kappa shape index (κ1) is 19.6. The van der Waals surface area contributed by atoms with Crippen molar-refractivity contribution >= 4 is 28.4 Å². The SMILES string of the molecule is CC(C)OC(=O)C1(C(=O)OC(C)C)CC2(C=C(c3ccnc4ccccc34)C2)C1. The molecule has 2 aromatic rings. The Labute approximate surface area is 171 Å². The Morgan fingerprint density at radius 3 is 2.14 bits per heavy atom. The average molecular weight is 393 g/mol. The van der Waals surface area contributed by atoms with E-state index in [9.17, 15) is 9.59 Å². The lowest BCUT2D eigenvalue weighted by Gasteiger charge is -2.56. The molecule has 0 atom stereocenters. The summed E-state index contributed by atoms with van der Waals surface area (Å²) in [6.45, 7) is 7.18. The Kier molecular flexibility index (Phi) is 4.72. The highest BCUT2D eigenvalue weighted by Gasteiger charge is 2.66. The molecule has 5 nitrogen and oxygen atoms in total. The molecule has 0 amide bonds. The molecule has 2 aliphatic carbocycles. The van der Waals surface area contributed by atoms with Crippen LogP contribution in [-0.2, 0) is 19.1 Å². The number of hydrogen-bond acceptors (Lipinski definition) is 5. The molecule has 2 aliphatic rings. The Balaban J connectivity index is 1.58. The van der Waals surface area contributed by atoms with Gasteiger partial charge in [0.05, 0.1) is 17.7 Å². The van der Waals surface area contributed by atoms with Gasteiger partial charge in [0.25, 0.3) is 0 Å². The van der Waals surface area contributed by atoms with E-state index in [1.54, 1.807) is 27.7 Å². The second-order valence-electron chi connectivity index (χ2n) is 8.93. The van der Waals surface area contributed by atoms with Crippen LogP contribution in [0.4, 0.5) is 0 Å². The number of allylic oxidation sites excluding steroid dienone is 2. The number of rotatable bonds is 5. The first-order valence-electron chi connectivity index (χ1n) is 10.2. The van der Waals surface area contributed by atoms with Crippen molar-refractivity contribution in [3.05, 3.63) is 48.2 Å². The number of ether oxygens (including phenoxy) is 2. The molecule has 1 saturated carbocycles. The molecule has 0 N–H and O–H groups in total. The number of nitrogens with zero attached hydrogens (tertiary/aromatic N) is 1. The quantitative estimate of drug-likeness (QED) is 0.544. The lowest BCUT2D eigenvalue weighted by Crippen LogP contribution is -2.59. The van der Waals surface area contributed by atoms with Crippen molar-refractivity contribution in [1.29, 1.82) is 0 Å². The minimum absolute atomic E-state index is 0.133. The summed E-state index contributed by atoms with van der Waals surface area (Å²) in [6, 6.07) is 10.1. The molecule has 29 heavy (non-hydrogen) atoms. The number of para-hydroxylation sites is 1. The number of benzene rings is 1. The van der Waals surface area contributed by atoms with Crippen LogP contribution in [0.15, 0.2) is 42.6 Å². The van der Waals surface area contributed by atoms with E-state index in [1.807, 2.05) is 30.5 Å². The number of esters is 2. The summed E-state index contributed by atoms with van der Waals surface area (Å²) < 4.78 is 10.8. The zero-order valence-corrected chi connectivity index (χ0v) is 17.4. The van der Waals surface area contributed by atoms with Gasteiger partial charge in [0, 0.05) is 11.6 Å². The van der Waals surface area contributed by atoms with Gasteiger partial charge in [-0.3, -0.25) is 14.6 Å². The third kappa shape index (κ3) is 3.33. The molecule has 1 fully saturated rings.